The molecule has 0 saturated carbocycles. The van der Waals surface area contributed by atoms with Crippen molar-refractivity contribution in [3.63, 3.8) is 0 Å². The smallest absolute Gasteiger partial charge is 0.220 e. The lowest BCUT2D eigenvalue weighted by Gasteiger charge is -2.23. The van der Waals surface area contributed by atoms with Crippen LogP contribution in [0.25, 0.3) is 0 Å². The number of aliphatic hydroxyl groups is 1. The number of hydrogen-bond donors (Lipinski definition) is 2. The third-order valence-electron chi connectivity index (χ3n) is 3.34. The molecule has 0 spiro atoms. The third kappa shape index (κ3) is 13.8. The van der Waals surface area contributed by atoms with Gasteiger partial charge in [0.1, 0.15) is 0 Å². The van der Waals surface area contributed by atoms with E-state index in [1.807, 2.05) is 0 Å². The van der Waals surface area contributed by atoms with Gasteiger partial charge in [0.15, 0.2) is 0 Å². The quantitative estimate of drug-likeness (QED) is 0.452. The minimum Gasteiger partial charge on any atom is -0.391 e. The molecule has 0 heterocycles. The lowest BCUT2D eigenvalue weighted by atomic mass is 10.0. The van der Waals surface area contributed by atoms with Crippen molar-refractivity contribution in [2.45, 2.75) is 58.5 Å². The molecule has 20 heavy (non-hydrogen) atoms. The number of carbonyl (C=O) groups is 1. The number of quaternary nitrogens is 1. The Morgan fingerprint density at radius 3 is 2.25 bits per heavy atom. The first-order chi connectivity index (χ1) is 9.20. The SMILES string of the molecule is CC(C)CCCC[C@H](O)CNC(=O)CCC[N+](C)(C)C. The van der Waals surface area contributed by atoms with Crippen LogP contribution in [0.3, 0.4) is 0 Å². The van der Waals surface area contributed by atoms with E-state index < -0.39 is 6.10 Å². The first-order valence-corrected chi connectivity index (χ1v) is 7.96. The molecule has 0 aliphatic heterocycles. The van der Waals surface area contributed by atoms with Crippen LogP contribution in [0.1, 0.15) is 52.4 Å². The van der Waals surface area contributed by atoms with Crippen molar-refractivity contribution in [3.05, 3.63) is 0 Å². The Morgan fingerprint density at radius 1 is 1.10 bits per heavy atom. The Labute approximate surface area is 125 Å². The summed E-state index contributed by atoms with van der Waals surface area (Å²) in [5.41, 5.74) is 0. The van der Waals surface area contributed by atoms with Crippen molar-refractivity contribution >= 4 is 5.91 Å². The van der Waals surface area contributed by atoms with Gasteiger partial charge in [0.2, 0.25) is 5.91 Å². The van der Waals surface area contributed by atoms with Crippen LogP contribution < -0.4 is 5.32 Å². The number of unbranched alkanes of at least 4 members (excludes halogenated alkanes) is 1. The first-order valence-electron chi connectivity index (χ1n) is 7.96. The Balaban J connectivity index is 3.53. The van der Waals surface area contributed by atoms with Crippen molar-refractivity contribution in [1.29, 1.82) is 0 Å². The van der Waals surface area contributed by atoms with Gasteiger partial charge in [-0.3, -0.25) is 4.79 Å². The molecule has 0 radical (unpaired) electrons. The van der Waals surface area contributed by atoms with Crippen LogP contribution in [-0.4, -0.2) is 55.8 Å². The number of amides is 1. The molecule has 0 aromatic rings. The van der Waals surface area contributed by atoms with Crippen LogP contribution in [0.5, 0.6) is 0 Å². The van der Waals surface area contributed by atoms with Gasteiger partial charge in [0.25, 0.3) is 0 Å². The predicted octanol–water partition coefficient (Wildman–Crippen LogP) is 2.17. The van der Waals surface area contributed by atoms with E-state index >= 15 is 0 Å². The van der Waals surface area contributed by atoms with Crippen LogP contribution in [0.4, 0.5) is 0 Å². The molecule has 4 heteroatoms. The lowest BCUT2D eigenvalue weighted by molar-refractivity contribution is -0.870. The maximum Gasteiger partial charge on any atom is 0.220 e. The summed E-state index contributed by atoms with van der Waals surface area (Å²) in [6.07, 6.45) is 5.23. The molecule has 0 rings (SSSR count). The summed E-state index contributed by atoms with van der Waals surface area (Å²) in [6.45, 7) is 5.82. The molecule has 0 aromatic carbocycles. The molecule has 120 valence electrons. The highest BCUT2D eigenvalue weighted by Gasteiger charge is 2.10. The monoisotopic (exact) mass is 287 g/mol. The maximum absolute atomic E-state index is 11.6. The molecule has 0 aliphatic rings. The zero-order valence-electron chi connectivity index (χ0n) is 14.1. The lowest BCUT2D eigenvalue weighted by Crippen LogP contribution is -2.37. The topological polar surface area (TPSA) is 49.3 Å². The zero-order valence-corrected chi connectivity index (χ0v) is 14.1. The number of aliphatic hydroxyl groups excluding tert-OH is 1. The fourth-order valence-corrected chi connectivity index (χ4v) is 2.07. The van der Waals surface area contributed by atoms with Crippen molar-refractivity contribution in [2.24, 2.45) is 5.92 Å². The summed E-state index contributed by atoms with van der Waals surface area (Å²) < 4.78 is 0.881. The molecule has 0 unspecified atom stereocenters. The Hall–Kier alpha value is -0.610. The van der Waals surface area contributed by atoms with E-state index in [4.69, 9.17) is 0 Å². The molecule has 2 N–H and O–H groups in total. The van der Waals surface area contributed by atoms with Crippen LogP contribution in [0.2, 0.25) is 0 Å². The third-order valence-corrected chi connectivity index (χ3v) is 3.34. The van der Waals surface area contributed by atoms with E-state index in [1.165, 1.54) is 6.42 Å². The molecule has 0 saturated heterocycles. The van der Waals surface area contributed by atoms with Crippen LogP contribution in [0, 0.1) is 5.92 Å². The van der Waals surface area contributed by atoms with Crippen LogP contribution in [-0.2, 0) is 4.79 Å². The molecule has 0 fully saturated rings. The van der Waals surface area contributed by atoms with Gasteiger partial charge in [0, 0.05) is 19.4 Å². The average Bonchev–Trinajstić information content (AvgIpc) is 2.30. The Kier molecular flexibility index (Phi) is 9.86. The van der Waals surface area contributed by atoms with Gasteiger partial charge < -0.3 is 14.9 Å². The molecule has 1 amide bonds. The van der Waals surface area contributed by atoms with Crippen molar-refractivity contribution in [2.75, 3.05) is 34.2 Å². The van der Waals surface area contributed by atoms with Gasteiger partial charge in [-0.05, 0) is 12.3 Å². The van der Waals surface area contributed by atoms with E-state index in [1.54, 1.807) is 0 Å². The number of hydrogen-bond acceptors (Lipinski definition) is 2. The highest BCUT2D eigenvalue weighted by Crippen LogP contribution is 2.09. The van der Waals surface area contributed by atoms with Gasteiger partial charge >= 0.3 is 0 Å². The fraction of sp³-hybridized carbons (Fsp3) is 0.938. The minimum atomic E-state index is -0.399. The number of carbonyl (C=O) groups excluding carboxylic acids is 1. The van der Waals surface area contributed by atoms with E-state index in [2.05, 4.69) is 40.3 Å². The highest BCUT2D eigenvalue weighted by molar-refractivity contribution is 5.75. The normalized spacial score (nSPS) is 13.6. The van der Waals surface area contributed by atoms with Crippen molar-refractivity contribution < 1.29 is 14.4 Å². The van der Waals surface area contributed by atoms with Crippen LogP contribution >= 0.6 is 0 Å². The summed E-state index contributed by atoms with van der Waals surface area (Å²) in [7, 11) is 6.37. The summed E-state index contributed by atoms with van der Waals surface area (Å²) in [5, 5.41) is 12.6. The second-order valence-corrected chi connectivity index (χ2v) is 7.25. The molecular formula is C16H35N2O2+. The summed E-state index contributed by atoms with van der Waals surface area (Å²) in [5.74, 6) is 0.785. The van der Waals surface area contributed by atoms with E-state index in [9.17, 15) is 9.90 Å². The van der Waals surface area contributed by atoms with Crippen LogP contribution in [0.15, 0.2) is 0 Å². The van der Waals surface area contributed by atoms with E-state index in [0.717, 1.165) is 42.6 Å². The molecule has 1 atom stereocenters. The highest BCUT2D eigenvalue weighted by atomic mass is 16.3. The van der Waals surface area contributed by atoms with E-state index in [-0.39, 0.29) is 5.91 Å². The van der Waals surface area contributed by atoms with Gasteiger partial charge in [0.05, 0.1) is 33.8 Å². The summed E-state index contributed by atoms with van der Waals surface area (Å²) in [4.78, 5) is 11.6. The maximum atomic E-state index is 11.6. The molecule has 0 aliphatic carbocycles. The summed E-state index contributed by atoms with van der Waals surface area (Å²) in [6, 6.07) is 0. The number of nitrogens with zero attached hydrogens (tertiary/aromatic N) is 1. The number of rotatable bonds is 11. The molecule has 0 bridgehead atoms. The van der Waals surface area contributed by atoms with Crippen molar-refractivity contribution in [3.8, 4) is 0 Å². The van der Waals surface area contributed by atoms with Gasteiger partial charge in [-0.1, -0.05) is 33.1 Å². The first kappa shape index (κ1) is 19.4. The Bertz CT molecular complexity index is 260. The van der Waals surface area contributed by atoms with E-state index in [0.29, 0.717) is 13.0 Å². The number of nitrogens with one attached hydrogen (secondary N) is 1. The summed E-state index contributed by atoms with van der Waals surface area (Å²) >= 11 is 0. The average molecular weight is 287 g/mol. The molecule has 0 aromatic heterocycles. The van der Waals surface area contributed by atoms with Crippen molar-refractivity contribution in [1.82, 2.24) is 5.32 Å². The van der Waals surface area contributed by atoms with Gasteiger partial charge in [-0.2, -0.15) is 0 Å². The standard InChI is InChI=1S/C16H34N2O2/c1-14(2)9-6-7-10-15(19)13-17-16(20)11-8-12-18(3,4)5/h14-15,19H,6-13H2,1-5H3/p+1/t15-/m0/s1. The second-order valence-electron chi connectivity index (χ2n) is 7.25. The minimum absolute atomic E-state index is 0.0553. The fourth-order valence-electron chi connectivity index (χ4n) is 2.07. The van der Waals surface area contributed by atoms with Gasteiger partial charge in [-0.15, -0.1) is 0 Å². The largest absolute Gasteiger partial charge is 0.391 e. The second kappa shape index (κ2) is 10.2. The van der Waals surface area contributed by atoms with Gasteiger partial charge in [-0.25, -0.2) is 0 Å². The molecular weight excluding hydrogens is 252 g/mol. The Morgan fingerprint density at radius 2 is 1.70 bits per heavy atom. The molecule has 4 nitrogen and oxygen atoms in total. The zero-order chi connectivity index (χ0) is 15.6. The predicted molar refractivity (Wildman–Crippen MR) is 84.5 cm³/mol.